The lowest BCUT2D eigenvalue weighted by molar-refractivity contribution is 0.418. The third-order valence-electron chi connectivity index (χ3n) is 2.93. The summed E-state index contributed by atoms with van der Waals surface area (Å²) >= 11 is 0. The molecule has 21 heavy (non-hydrogen) atoms. The molecule has 0 unspecified atom stereocenters. The Kier molecular flexibility index (Phi) is 4.39. The Labute approximate surface area is 118 Å². The second kappa shape index (κ2) is 6.23. The van der Waals surface area contributed by atoms with Gasteiger partial charge in [0.25, 0.3) is 6.08 Å². The van der Waals surface area contributed by atoms with Crippen LogP contribution in [0, 0.1) is 23.0 Å². The van der Waals surface area contributed by atoms with Crippen LogP contribution in [0.2, 0.25) is 0 Å². The van der Waals surface area contributed by atoms with Gasteiger partial charge in [0.15, 0.2) is 0 Å². The van der Waals surface area contributed by atoms with E-state index in [2.05, 4.69) is 0 Å². The zero-order valence-corrected chi connectivity index (χ0v) is 10.7. The van der Waals surface area contributed by atoms with Crippen molar-refractivity contribution in [2.24, 2.45) is 0 Å². The first-order valence-electron chi connectivity index (χ1n) is 6.01. The van der Waals surface area contributed by atoms with Gasteiger partial charge in [0.1, 0.15) is 23.3 Å². The van der Waals surface area contributed by atoms with Crippen molar-refractivity contribution in [1.82, 2.24) is 0 Å². The number of rotatable bonds is 3. The van der Waals surface area contributed by atoms with E-state index in [1.165, 1.54) is 6.07 Å². The van der Waals surface area contributed by atoms with E-state index in [0.29, 0.717) is 11.1 Å². The molecule has 0 atom stereocenters. The SMILES string of the molecule is N#Cc1c(F)cc(-c2ccc(CC=C(F)F)cc2)cc1F. The number of allylic oxidation sites excluding steroid dienone is 1. The zero-order chi connectivity index (χ0) is 15.4. The van der Waals surface area contributed by atoms with Crippen LogP contribution in [0.1, 0.15) is 11.1 Å². The van der Waals surface area contributed by atoms with Gasteiger partial charge in [-0.05, 0) is 41.3 Å². The molecular formula is C16H9F4N. The fourth-order valence-corrected chi connectivity index (χ4v) is 1.87. The molecule has 0 aliphatic carbocycles. The first-order valence-corrected chi connectivity index (χ1v) is 6.01. The summed E-state index contributed by atoms with van der Waals surface area (Å²) in [6, 6.07) is 9.95. The predicted octanol–water partition coefficient (Wildman–Crippen LogP) is 4.83. The quantitative estimate of drug-likeness (QED) is 0.743. The molecule has 0 bridgehead atoms. The Hall–Kier alpha value is -2.61. The van der Waals surface area contributed by atoms with E-state index in [1.54, 1.807) is 24.3 Å². The van der Waals surface area contributed by atoms with Crippen LogP contribution >= 0.6 is 0 Å². The smallest absolute Gasteiger partial charge is 0.205 e. The lowest BCUT2D eigenvalue weighted by Crippen LogP contribution is -1.92. The number of hydrogen-bond donors (Lipinski definition) is 0. The lowest BCUT2D eigenvalue weighted by Gasteiger charge is -2.05. The van der Waals surface area contributed by atoms with Crippen LogP contribution in [-0.4, -0.2) is 0 Å². The molecule has 0 saturated carbocycles. The molecule has 2 aromatic rings. The van der Waals surface area contributed by atoms with Crippen LogP contribution in [0.3, 0.4) is 0 Å². The summed E-state index contributed by atoms with van der Waals surface area (Å²) in [5, 5.41) is 8.60. The lowest BCUT2D eigenvalue weighted by atomic mass is 10.0. The summed E-state index contributed by atoms with van der Waals surface area (Å²) in [6.07, 6.45) is -0.885. The number of nitrogens with zero attached hydrogens (tertiary/aromatic N) is 1. The Morgan fingerprint density at radius 3 is 2.05 bits per heavy atom. The average Bonchev–Trinajstić information content (AvgIpc) is 2.45. The highest BCUT2D eigenvalue weighted by Gasteiger charge is 2.11. The second-order valence-corrected chi connectivity index (χ2v) is 4.32. The number of benzene rings is 2. The van der Waals surface area contributed by atoms with Gasteiger partial charge in [0.05, 0.1) is 0 Å². The molecule has 106 valence electrons. The van der Waals surface area contributed by atoms with E-state index in [-0.39, 0.29) is 12.0 Å². The van der Waals surface area contributed by atoms with E-state index in [9.17, 15) is 17.6 Å². The first-order chi connectivity index (χ1) is 10.0. The summed E-state index contributed by atoms with van der Waals surface area (Å²) in [5.74, 6) is -1.86. The Morgan fingerprint density at radius 1 is 1.00 bits per heavy atom. The Morgan fingerprint density at radius 2 is 1.57 bits per heavy atom. The molecular weight excluding hydrogens is 282 g/mol. The Balaban J connectivity index is 2.31. The number of nitriles is 1. The Bertz CT molecular complexity index is 700. The third kappa shape index (κ3) is 3.48. The average molecular weight is 291 g/mol. The molecule has 0 aromatic heterocycles. The first kappa shape index (κ1) is 14.8. The molecule has 2 rings (SSSR count). The van der Waals surface area contributed by atoms with Gasteiger partial charge in [-0.2, -0.15) is 14.0 Å². The molecule has 0 fully saturated rings. The van der Waals surface area contributed by atoms with Crippen LogP contribution in [0.5, 0.6) is 0 Å². The summed E-state index contributed by atoms with van der Waals surface area (Å²) in [7, 11) is 0. The highest BCUT2D eigenvalue weighted by atomic mass is 19.3. The monoisotopic (exact) mass is 291 g/mol. The van der Waals surface area contributed by atoms with Crippen LogP contribution < -0.4 is 0 Å². The van der Waals surface area contributed by atoms with Gasteiger partial charge < -0.3 is 0 Å². The van der Waals surface area contributed by atoms with Gasteiger partial charge in [-0.15, -0.1) is 0 Å². The highest BCUT2D eigenvalue weighted by Crippen LogP contribution is 2.24. The largest absolute Gasteiger partial charge is 0.266 e. The summed E-state index contributed by atoms with van der Waals surface area (Å²) in [4.78, 5) is 0. The minimum Gasteiger partial charge on any atom is -0.205 e. The van der Waals surface area contributed by atoms with Gasteiger partial charge in [0, 0.05) is 0 Å². The molecule has 0 spiro atoms. The molecule has 2 aromatic carbocycles. The van der Waals surface area contributed by atoms with Crippen LogP contribution in [0.15, 0.2) is 48.6 Å². The maximum absolute atomic E-state index is 13.5. The summed E-state index contributed by atoms with van der Waals surface area (Å²) < 4.78 is 51.0. The fourth-order valence-electron chi connectivity index (χ4n) is 1.87. The van der Waals surface area contributed by atoms with Crippen molar-refractivity contribution < 1.29 is 17.6 Å². The van der Waals surface area contributed by atoms with Crippen molar-refractivity contribution in [3.05, 3.63) is 71.3 Å². The molecule has 0 saturated heterocycles. The van der Waals surface area contributed by atoms with Gasteiger partial charge >= 0.3 is 0 Å². The highest BCUT2D eigenvalue weighted by molar-refractivity contribution is 5.65. The van der Waals surface area contributed by atoms with Gasteiger partial charge in [-0.25, -0.2) is 8.78 Å². The summed E-state index contributed by atoms with van der Waals surface area (Å²) in [6.45, 7) is 0. The van der Waals surface area contributed by atoms with Crippen molar-refractivity contribution in [2.75, 3.05) is 0 Å². The van der Waals surface area contributed by atoms with Crippen LogP contribution in [0.25, 0.3) is 11.1 Å². The molecule has 0 aliphatic rings. The van der Waals surface area contributed by atoms with Crippen molar-refractivity contribution in [3.63, 3.8) is 0 Å². The van der Waals surface area contributed by atoms with E-state index < -0.39 is 23.3 Å². The molecule has 0 aliphatic heterocycles. The van der Waals surface area contributed by atoms with Crippen molar-refractivity contribution in [1.29, 1.82) is 5.26 Å². The van der Waals surface area contributed by atoms with Crippen molar-refractivity contribution in [3.8, 4) is 17.2 Å². The minimum absolute atomic E-state index is 0.0820. The standard InChI is InChI=1S/C16H9F4N/c17-14-7-12(8-15(18)13(14)9-21)11-4-1-10(2-5-11)3-6-16(19)20/h1-2,4-8H,3H2. The van der Waals surface area contributed by atoms with E-state index in [1.807, 2.05) is 0 Å². The zero-order valence-electron chi connectivity index (χ0n) is 10.7. The van der Waals surface area contributed by atoms with Crippen molar-refractivity contribution in [2.45, 2.75) is 6.42 Å². The molecule has 1 nitrogen and oxygen atoms in total. The minimum atomic E-state index is -1.75. The van der Waals surface area contributed by atoms with Crippen LogP contribution in [0.4, 0.5) is 17.6 Å². The van der Waals surface area contributed by atoms with E-state index >= 15 is 0 Å². The third-order valence-corrected chi connectivity index (χ3v) is 2.93. The van der Waals surface area contributed by atoms with E-state index in [0.717, 1.165) is 18.2 Å². The maximum atomic E-state index is 13.5. The second-order valence-electron chi connectivity index (χ2n) is 4.32. The molecule has 0 radical (unpaired) electrons. The number of hydrogen-bond acceptors (Lipinski definition) is 1. The molecule has 0 heterocycles. The van der Waals surface area contributed by atoms with E-state index in [4.69, 9.17) is 5.26 Å². The molecule has 0 amide bonds. The number of halogens is 4. The normalized spacial score (nSPS) is 10.0. The van der Waals surface area contributed by atoms with Crippen LogP contribution in [-0.2, 0) is 6.42 Å². The summed E-state index contributed by atoms with van der Waals surface area (Å²) in [5.41, 5.74) is 0.841. The van der Waals surface area contributed by atoms with Gasteiger partial charge in [0.2, 0.25) is 0 Å². The molecule has 5 heteroatoms. The molecule has 0 N–H and O–H groups in total. The maximum Gasteiger partial charge on any atom is 0.266 e. The van der Waals surface area contributed by atoms with Gasteiger partial charge in [-0.3, -0.25) is 0 Å². The van der Waals surface area contributed by atoms with Crippen molar-refractivity contribution >= 4 is 0 Å². The predicted molar refractivity (Wildman–Crippen MR) is 70.5 cm³/mol. The van der Waals surface area contributed by atoms with Gasteiger partial charge in [-0.1, -0.05) is 24.3 Å². The topological polar surface area (TPSA) is 23.8 Å². The fraction of sp³-hybridized carbons (Fsp3) is 0.0625.